The molecule has 0 aromatic rings. The van der Waals surface area contributed by atoms with Crippen LogP contribution in [-0.2, 0) is 9.53 Å². The molecule has 52 valence electrons. The summed E-state index contributed by atoms with van der Waals surface area (Å²) in [6.07, 6.45) is 0.805. The van der Waals surface area contributed by atoms with Crippen LogP contribution in [0.25, 0.3) is 0 Å². The Hall–Kier alpha value is -0.860. The molecule has 0 saturated heterocycles. The van der Waals surface area contributed by atoms with Gasteiger partial charge in [-0.05, 0) is 13.3 Å². The van der Waals surface area contributed by atoms with E-state index in [0.29, 0.717) is 6.61 Å². The summed E-state index contributed by atoms with van der Waals surface area (Å²) in [7, 11) is 0. The zero-order valence-corrected chi connectivity index (χ0v) is 5.73. The van der Waals surface area contributed by atoms with Gasteiger partial charge in [-0.1, -0.05) is 6.92 Å². The summed E-state index contributed by atoms with van der Waals surface area (Å²) in [5.74, 6) is -0.517. The summed E-state index contributed by atoms with van der Waals surface area (Å²) in [6.45, 7) is 3.74. The van der Waals surface area contributed by atoms with Crippen molar-refractivity contribution < 1.29 is 9.53 Å². The molecule has 0 bridgehead atoms. The molecule has 0 aliphatic carbocycles. The summed E-state index contributed by atoms with van der Waals surface area (Å²) in [5.41, 5.74) is -0.0385. The lowest BCUT2D eigenvalue weighted by atomic mass is 10.4. The SMILES string of the molecule is CCCOC(=O)C(C)=N. The number of esters is 1. The number of hydrogen-bond donors (Lipinski definition) is 1. The van der Waals surface area contributed by atoms with Crippen molar-refractivity contribution in [3.63, 3.8) is 0 Å². The Morgan fingerprint density at radius 1 is 1.67 bits per heavy atom. The van der Waals surface area contributed by atoms with Crippen LogP contribution in [0.1, 0.15) is 20.3 Å². The molecule has 0 unspecified atom stereocenters. The van der Waals surface area contributed by atoms with E-state index in [1.165, 1.54) is 6.92 Å². The Morgan fingerprint density at radius 2 is 2.22 bits per heavy atom. The van der Waals surface area contributed by atoms with Crippen LogP contribution >= 0.6 is 0 Å². The first kappa shape index (κ1) is 8.14. The smallest absolute Gasteiger partial charge is 0.351 e. The predicted molar refractivity (Wildman–Crippen MR) is 34.7 cm³/mol. The molecule has 0 amide bonds. The molecule has 0 rings (SSSR count). The van der Waals surface area contributed by atoms with Gasteiger partial charge in [0, 0.05) is 0 Å². The van der Waals surface area contributed by atoms with Gasteiger partial charge >= 0.3 is 5.97 Å². The van der Waals surface area contributed by atoms with Gasteiger partial charge in [-0.25, -0.2) is 4.79 Å². The van der Waals surface area contributed by atoms with Crippen LogP contribution in [0.5, 0.6) is 0 Å². The van der Waals surface area contributed by atoms with E-state index in [-0.39, 0.29) is 5.71 Å². The third kappa shape index (κ3) is 3.70. The van der Waals surface area contributed by atoms with Crippen molar-refractivity contribution >= 4 is 11.7 Å². The molecule has 0 aromatic heterocycles. The van der Waals surface area contributed by atoms with Gasteiger partial charge in [0.2, 0.25) is 0 Å². The first-order chi connectivity index (χ1) is 4.18. The summed E-state index contributed by atoms with van der Waals surface area (Å²) < 4.78 is 4.59. The highest BCUT2D eigenvalue weighted by Gasteiger charge is 2.01. The van der Waals surface area contributed by atoms with E-state index < -0.39 is 5.97 Å². The van der Waals surface area contributed by atoms with Gasteiger partial charge in [0.05, 0.1) is 6.61 Å². The van der Waals surface area contributed by atoms with E-state index in [1.54, 1.807) is 0 Å². The molecule has 0 aromatic carbocycles. The fraction of sp³-hybridized carbons (Fsp3) is 0.667. The fourth-order valence-electron chi connectivity index (χ4n) is 0.303. The normalized spacial score (nSPS) is 8.67. The molecular formula is C6H11NO2. The van der Waals surface area contributed by atoms with Crippen LogP contribution in [0, 0.1) is 5.41 Å². The summed E-state index contributed by atoms with van der Waals surface area (Å²) >= 11 is 0. The second-order valence-electron chi connectivity index (χ2n) is 1.76. The Morgan fingerprint density at radius 3 is 2.56 bits per heavy atom. The molecular weight excluding hydrogens is 118 g/mol. The van der Waals surface area contributed by atoms with Crippen molar-refractivity contribution in [2.24, 2.45) is 0 Å². The van der Waals surface area contributed by atoms with Crippen LogP contribution in [-0.4, -0.2) is 18.3 Å². The van der Waals surface area contributed by atoms with Gasteiger partial charge in [-0.2, -0.15) is 0 Å². The Kier molecular flexibility index (Phi) is 3.67. The second kappa shape index (κ2) is 4.06. The topological polar surface area (TPSA) is 50.2 Å². The summed E-state index contributed by atoms with van der Waals surface area (Å²) in [5, 5.41) is 6.80. The molecule has 3 heteroatoms. The first-order valence-corrected chi connectivity index (χ1v) is 2.90. The highest BCUT2D eigenvalue weighted by Crippen LogP contribution is 1.83. The van der Waals surface area contributed by atoms with E-state index >= 15 is 0 Å². The predicted octanol–water partition coefficient (Wildman–Crippen LogP) is 0.979. The average Bonchev–Trinajstić information content (AvgIpc) is 1.82. The highest BCUT2D eigenvalue weighted by molar-refractivity contribution is 6.33. The minimum Gasteiger partial charge on any atom is -0.461 e. The monoisotopic (exact) mass is 129 g/mol. The van der Waals surface area contributed by atoms with Gasteiger partial charge in [-0.15, -0.1) is 0 Å². The van der Waals surface area contributed by atoms with Crippen molar-refractivity contribution in [1.29, 1.82) is 5.41 Å². The minimum absolute atomic E-state index is 0.0385. The molecule has 1 N–H and O–H groups in total. The van der Waals surface area contributed by atoms with Crippen molar-refractivity contribution in [3.05, 3.63) is 0 Å². The fourth-order valence-corrected chi connectivity index (χ4v) is 0.303. The van der Waals surface area contributed by atoms with E-state index in [9.17, 15) is 4.79 Å². The van der Waals surface area contributed by atoms with Crippen molar-refractivity contribution in [2.45, 2.75) is 20.3 Å². The number of ether oxygens (including phenoxy) is 1. The van der Waals surface area contributed by atoms with Crippen molar-refractivity contribution in [1.82, 2.24) is 0 Å². The maximum Gasteiger partial charge on any atom is 0.351 e. The number of nitrogens with one attached hydrogen (secondary N) is 1. The van der Waals surface area contributed by atoms with E-state index in [2.05, 4.69) is 4.74 Å². The minimum atomic E-state index is -0.517. The van der Waals surface area contributed by atoms with Crippen LogP contribution in [0.4, 0.5) is 0 Å². The van der Waals surface area contributed by atoms with Gasteiger partial charge in [-0.3, -0.25) is 5.41 Å². The molecule has 0 aliphatic rings. The molecule has 0 heterocycles. The number of rotatable bonds is 3. The lowest BCUT2D eigenvalue weighted by molar-refractivity contribution is -0.135. The van der Waals surface area contributed by atoms with E-state index in [0.717, 1.165) is 6.42 Å². The van der Waals surface area contributed by atoms with Crippen molar-refractivity contribution in [2.75, 3.05) is 6.61 Å². The third-order valence-corrected chi connectivity index (χ3v) is 0.743. The highest BCUT2D eigenvalue weighted by atomic mass is 16.5. The molecule has 9 heavy (non-hydrogen) atoms. The van der Waals surface area contributed by atoms with Gasteiger partial charge < -0.3 is 4.74 Å². The molecule has 0 spiro atoms. The Labute approximate surface area is 54.5 Å². The molecule has 0 fully saturated rings. The second-order valence-corrected chi connectivity index (χ2v) is 1.76. The van der Waals surface area contributed by atoms with Crippen molar-refractivity contribution in [3.8, 4) is 0 Å². The van der Waals surface area contributed by atoms with Crippen LogP contribution in [0.15, 0.2) is 0 Å². The Bertz CT molecular complexity index is 120. The largest absolute Gasteiger partial charge is 0.461 e. The molecule has 0 radical (unpaired) electrons. The summed E-state index contributed by atoms with van der Waals surface area (Å²) in [4.78, 5) is 10.5. The zero-order valence-electron chi connectivity index (χ0n) is 5.73. The van der Waals surface area contributed by atoms with Crippen LogP contribution in [0.3, 0.4) is 0 Å². The van der Waals surface area contributed by atoms with Gasteiger partial charge in [0.15, 0.2) is 0 Å². The quantitative estimate of drug-likeness (QED) is 0.456. The molecule has 0 atom stereocenters. The number of carbonyl (C=O) groups excluding carboxylic acids is 1. The van der Waals surface area contributed by atoms with E-state index in [4.69, 9.17) is 5.41 Å². The molecule has 0 saturated carbocycles. The third-order valence-electron chi connectivity index (χ3n) is 0.743. The van der Waals surface area contributed by atoms with Crippen LogP contribution < -0.4 is 0 Å². The van der Waals surface area contributed by atoms with Gasteiger partial charge in [0.25, 0.3) is 0 Å². The first-order valence-electron chi connectivity index (χ1n) is 2.90. The molecule has 3 nitrogen and oxygen atoms in total. The summed E-state index contributed by atoms with van der Waals surface area (Å²) in [6, 6.07) is 0. The molecule has 0 aliphatic heterocycles. The lowest BCUT2D eigenvalue weighted by Gasteiger charge is -1.98. The average molecular weight is 129 g/mol. The van der Waals surface area contributed by atoms with Crippen LogP contribution in [0.2, 0.25) is 0 Å². The maximum atomic E-state index is 10.5. The number of hydrogen-bond acceptors (Lipinski definition) is 3. The standard InChI is InChI=1S/C6H11NO2/c1-3-4-9-6(8)5(2)7/h7H,3-4H2,1-2H3. The zero-order chi connectivity index (χ0) is 7.28. The van der Waals surface area contributed by atoms with Gasteiger partial charge in [0.1, 0.15) is 5.71 Å². The lowest BCUT2D eigenvalue weighted by Crippen LogP contribution is -2.13. The van der Waals surface area contributed by atoms with E-state index in [1.807, 2.05) is 6.92 Å². The maximum absolute atomic E-state index is 10.5. The number of carbonyl (C=O) groups is 1. The Balaban J connectivity index is 3.39.